The second-order valence-electron chi connectivity index (χ2n) is 7.74. The van der Waals surface area contributed by atoms with Crippen LogP contribution in [0, 0.1) is 13.8 Å². The molecule has 31 heavy (non-hydrogen) atoms. The predicted molar refractivity (Wildman–Crippen MR) is 111 cm³/mol. The summed E-state index contributed by atoms with van der Waals surface area (Å²) >= 11 is 1.33. The van der Waals surface area contributed by atoms with Gasteiger partial charge in [0.15, 0.2) is 0 Å². The largest absolute Gasteiger partial charge is 0.433 e. The van der Waals surface area contributed by atoms with Crippen molar-refractivity contribution in [2.75, 3.05) is 13.1 Å². The van der Waals surface area contributed by atoms with E-state index in [1.54, 1.807) is 27.1 Å². The molecular weight excluding hydrogens is 427 g/mol. The molecule has 1 aliphatic heterocycles. The lowest BCUT2D eigenvalue weighted by Crippen LogP contribution is -2.41. The Labute approximate surface area is 181 Å². The van der Waals surface area contributed by atoms with Crippen molar-refractivity contribution < 1.29 is 18.0 Å². The van der Waals surface area contributed by atoms with Crippen LogP contribution in [0.3, 0.4) is 0 Å². The van der Waals surface area contributed by atoms with Crippen LogP contribution in [0.4, 0.5) is 13.2 Å². The predicted octanol–water partition coefficient (Wildman–Crippen LogP) is 4.44. The first kappa shape index (κ1) is 21.5. The summed E-state index contributed by atoms with van der Waals surface area (Å²) < 4.78 is 42.1. The van der Waals surface area contributed by atoms with Crippen molar-refractivity contribution in [2.24, 2.45) is 0 Å². The quantitative estimate of drug-likeness (QED) is 0.591. The highest BCUT2D eigenvalue weighted by Crippen LogP contribution is 2.34. The number of carbonyl (C=O) groups excluding carboxylic acids is 1. The van der Waals surface area contributed by atoms with Crippen molar-refractivity contribution in [3.63, 3.8) is 0 Å². The molecule has 3 aromatic heterocycles. The summed E-state index contributed by atoms with van der Waals surface area (Å²) in [4.78, 5) is 23.5. The number of rotatable bonds is 4. The van der Waals surface area contributed by atoms with Gasteiger partial charge in [-0.25, -0.2) is 9.97 Å². The van der Waals surface area contributed by atoms with Crippen LogP contribution >= 0.6 is 11.3 Å². The Kier molecular flexibility index (Phi) is 5.83. The van der Waals surface area contributed by atoms with Gasteiger partial charge in [0.2, 0.25) is 5.91 Å². The van der Waals surface area contributed by atoms with E-state index in [4.69, 9.17) is 0 Å². The number of hydrogen-bond donors (Lipinski definition) is 0. The number of amides is 1. The van der Waals surface area contributed by atoms with Crippen molar-refractivity contribution in [3.8, 4) is 10.6 Å². The maximum Gasteiger partial charge on any atom is 0.433 e. The second-order valence-corrected chi connectivity index (χ2v) is 8.68. The van der Waals surface area contributed by atoms with Gasteiger partial charge in [0, 0.05) is 24.7 Å². The van der Waals surface area contributed by atoms with Crippen molar-refractivity contribution >= 4 is 17.2 Å². The van der Waals surface area contributed by atoms with Crippen LogP contribution in [0.2, 0.25) is 0 Å². The lowest BCUT2D eigenvalue weighted by Gasteiger charge is -2.32. The molecule has 1 atom stereocenters. The van der Waals surface area contributed by atoms with Gasteiger partial charge in [-0.3, -0.25) is 9.48 Å². The molecule has 0 aliphatic carbocycles. The fourth-order valence-corrected chi connectivity index (χ4v) is 4.51. The van der Waals surface area contributed by atoms with Gasteiger partial charge in [-0.15, -0.1) is 11.3 Å². The van der Waals surface area contributed by atoms with Gasteiger partial charge in [-0.1, -0.05) is 6.07 Å². The second kappa shape index (κ2) is 8.41. The number of hydrogen-bond acceptors (Lipinski definition) is 5. The van der Waals surface area contributed by atoms with Gasteiger partial charge >= 0.3 is 6.18 Å². The molecule has 164 valence electrons. The fourth-order valence-electron chi connectivity index (χ4n) is 3.82. The van der Waals surface area contributed by atoms with Crippen LogP contribution in [0.15, 0.2) is 29.6 Å². The number of aromatic nitrogens is 4. The molecule has 4 rings (SSSR count). The number of carbonyl (C=O) groups is 1. The van der Waals surface area contributed by atoms with E-state index in [9.17, 15) is 18.0 Å². The molecule has 0 spiro atoms. The molecule has 1 aliphatic rings. The first-order valence-corrected chi connectivity index (χ1v) is 10.9. The van der Waals surface area contributed by atoms with Gasteiger partial charge in [0.1, 0.15) is 18.1 Å². The van der Waals surface area contributed by atoms with Gasteiger partial charge < -0.3 is 4.90 Å². The lowest BCUT2D eigenvalue weighted by atomic mass is 9.96. The third kappa shape index (κ3) is 4.79. The molecule has 1 fully saturated rings. The van der Waals surface area contributed by atoms with E-state index in [0.29, 0.717) is 30.8 Å². The van der Waals surface area contributed by atoms with E-state index >= 15 is 0 Å². The molecule has 1 saturated heterocycles. The van der Waals surface area contributed by atoms with E-state index < -0.39 is 11.9 Å². The molecule has 0 saturated carbocycles. The first-order valence-electron chi connectivity index (χ1n) is 9.99. The number of likely N-dealkylation sites (tertiary alicyclic amines) is 1. The summed E-state index contributed by atoms with van der Waals surface area (Å²) in [5.74, 6) is -0.317. The third-order valence-electron chi connectivity index (χ3n) is 5.34. The fraction of sp³-hybridized carbons (Fsp3) is 0.429. The SMILES string of the molecule is Cc1cc(C)n(CC(=O)N2CCCC(c3nc(-c4cccs4)cc(C(F)(F)F)n3)C2)n1. The molecule has 3 aromatic rings. The average Bonchev–Trinajstić information content (AvgIpc) is 3.37. The van der Waals surface area contributed by atoms with Crippen LogP contribution in [0.25, 0.3) is 10.6 Å². The topological polar surface area (TPSA) is 63.9 Å². The lowest BCUT2D eigenvalue weighted by molar-refractivity contribution is -0.141. The van der Waals surface area contributed by atoms with E-state index in [-0.39, 0.29) is 29.9 Å². The maximum atomic E-state index is 13.5. The van der Waals surface area contributed by atoms with Crippen LogP contribution in [-0.2, 0) is 17.5 Å². The number of piperidine rings is 1. The molecule has 0 N–H and O–H groups in total. The average molecular weight is 450 g/mol. The zero-order chi connectivity index (χ0) is 22.2. The van der Waals surface area contributed by atoms with Crippen LogP contribution in [-0.4, -0.2) is 43.6 Å². The van der Waals surface area contributed by atoms with Crippen molar-refractivity contribution in [1.29, 1.82) is 0 Å². The first-order chi connectivity index (χ1) is 14.7. The molecule has 6 nitrogen and oxygen atoms in total. The van der Waals surface area contributed by atoms with Crippen LogP contribution in [0.1, 0.15) is 41.7 Å². The molecule has 0 aromatic carbocycles. The third-order valence-corrected chi connectivity index (χ3v) is 6.23. The number of alkyl halides is 3. The Morgan fingerprint density at radius 3 is 2.71 bits per heavy atom. The molecule has 4 heterocycles. The number of thiophene rings is 1. The summed E-state index contributed by atoms with van der Waals surface area (Å²) in [6.07, 6.45) is -3.25. The van der Waals surface area contributed by atoms with E-state index in [1.165, 1.54) is 11.3 Å². The minimum atomic E-state index is -4.57. The minimum absolute atomic E-state index is 0.107. The molecule has 10 heteroatoms. The number of halogens is 3. The zero-order valence-electron chi connectivity index (χ0n) is 17.2. The Balaban J connectivity index is 1.58. The normalized spacial score (nSPS) is 17.2. The molecule has 0 bridgehead atoms. The summed E-state index contributed by atoms with van der Waals surface area (Å²) in [6, 6.07) is 6.40. The summed E-state index contributed by atoms with van der Waals surface area (Å²) in [6.45, 7) is 4.71. The zero-order valence-corrected chi connectivity index (χ0v) is 18.0. The molecular formula is C21H22F3N5OS. The van der Waals surface area contributed by atoms with E-state index in [0.717, 1.165) is 17.5 Å². The Morgan fingerprint density at radius 1 is 1.26 bits per heavy atom. The highest BCUT2D eigenvalue weighted by atomic mass is 32.1. The van der Waals surface area contributed by atoms with Crippen molar-refractivity contribution in [3.05, 3.63) is 52.6 Å². The Hall–Kier alpha value is -2.75. The maximum absolute atomic E-state index is 13.5. The molecule has 0 radical (unpaired) electrons. The monoisotopic (exact) mass is 449 g/mol. The molecule has 1 unspecified atom stereocenters. The number of aryl methyl sites for hydroxylation is 2. The summed E-state index contributed by atoms with van der Waals surface area (Å²) in [7, 11) is 0. The van der Waals surface area contributed by atoms with Gasteiger partial charge in [-0.2, -0.15) is 18.3 Å². The smallest absolute Gasteiger partial charge is 0.340 e. The Morgan fingerprint density at radius 2 is 2.06 bits per heavy atom. The standard InChI is InChI=1S/C21H22F3N5OS/c1-13-9-14(2)29(27-13)12-19(30)28-7-3-5-15(11-28)20-25-16(17-6-4-8-31-17)10-18(26-20)21(22,23)24/h4,6,8-10,15H,3,5,7,11-12H2,1-2H3. The highest BCUT2D eigenvalue weighted by Gasteiger charge is 2.35. The van der Waals surface area contributed by atoms with Crippen LogP contribution in [0.5, 0.6) is 0 Å². The van der Waals surface area contributed by atoms with Crippen molar-refractivity contribution in [2.45, 2.75) is 45.3 Å². The minimum Gasteiger partial charge on any atom is -0.340 e. The van der Waals surface area contributed by atoms with Crippen LogP contribution < -0.4 is 0 Å². The number of nitrogens with zero attached hydrogens (tertiary/aromatic N) is 5. The van der Waals surface area contributed by atoms with E-state index in [2.05, 4.69) is 15.1 Å². The Bertz CT molecular complexity index is 1080. The van der Waals surface area contributed by atoms with Gasteiger partial charge in [0.05, 0.1) is 16.3 Å². The highest BCUT2D eigenvalue weighted by molar-refractivity contribution is 7.13. The summed E-state index contributed by atoms with van der Waals surface area (Å²) in [5, 5.41) is 6.12. The van der Waals surface area contributed by atoms with E-state index in [1.807, 2.05) is 19.9 Å². The van der Waals surface area contributed by atoms with Crippen molar-refractivity contribution in [1.82, 2.24) is 24.6 Å². The molecule has 1 amide bonds. The summed E-state index contributed by atoms with van der Waals surface area (Å²) in [5.41, 5.74) is 1.03. The van der Waals surface area contributed by atoms with Gasteiger partial charge in [0.25, 0.3) is 0 Å². The van der Waals surface area contributed by atoms with Gasteiger partial charge in [-0.05, 0) is 50.3 Å².